The Kier molecular flexibility index (Phi) is 3.16. The standard InChI is InChI=1S/C15H14N4O/c16-15(20)12-8-13-14(2-1-5-18-13)19(10-12)9-11-3-6-17-7-4-11/h1-8H,9-10H2,(H2,16,20). The lowest BCUT2D eigenvalue weighted by molar-refractivity contribution is -0.114. The molecule has 5 heteroatoms. The van der Waals surface area contributed by atoms with Crippen molar-refractivity contribution in [3.63, 3.8) is 0 Å². The fraction of sp³-hybridized carbons (Fsp3) is 0.133. The first-order valence-corrected chi connectivity index (χ1v) is 6.33. The second-order valence-electron chi connectivity index (χ2n) is 4.65. The van der Waals surface area contributed by atoms with E-state index in [2.05, 4.69) is 14.9 Å². The molecular weight excluding hydrogens is 252 g/mol. The second kappa shape index (κ2) is 5.13. The van der Waals surface area contributed by atoms with E-state index < -0.39 is 5.91 Å². The summed E-state index contributed by atoms with van der Waals surface area (Å²) in [5, 5.41) is 0. The predicted molar refractivity (Wildman–Crippen MR) is 76.7 cm³/mol. The van der Waals surface area contributed by atoms with Crippen molar-refractivity contribution in [2.75, 3.05) is 11.4 Å². The van der Waals surface area contributed by atoms with Gasteiger partial charge in [0.15, 0.2) is 0 Å². The molecule has 1 amide bonds. The summed E-state index contributed by atoms with van der Waals surface area (Å²) in [7, 11) is 0. The zero-order valence-electron chi connectivity index (χ0n) is 10.9. The van der Waals surface area contributed by atoms with Crippen molar-refractivity contribution in [1.29, 1.82) is 0 Å². The van der Waals surface area contributed by atoms with Gasteiger partial charge in [-0.05, 0) is 35.9 Å². The first-order chi connectivity index (χ1) is 9.74. The maximum Gasteiger partial charge on any atom is 0.246 e. The van der Waals surface area contributed by atoms with Crippen molar-refractivity contribution in [3.05, 3.63) is 59.7 Å². The highest BCUT2D eigenvalue weighted by Gasteiger charge is 2.21. The summed E-state index contributed by atoms with van der Waals surface area (Å²) < 4.78 is 0. The van der Waals surface area contributed by atoms with Gasteiger partial charge in [0.1, 0.15) is 0 Å². The topological polar surface area (TPSA) is 72.1 Å². The molecule has 0 fully saturated rings. The molecule has 0 spiro atoms. The van der Waals surface area contributed by atoms with E-state index in [-0.39, 0.29) is 0 Å². The van der Waals surface area contributed by atoms with Crippen LogP contribution in [0, 0.1) is 0 Å². The van der Waals surface area contributed by atoms with Gasteiger partial charge in [0.25, 0.3) is 0 Å². The molecule has 0 atom stereocenters. The van der Waals surface area contributed by atoms with Crippen LogP contribution in [0.15, 0.2) is 48.4 Å². The third-order valence-electron chi connectivity index (χ3n) is 3.27. The lowest BCUT2D eigenvalue weighted by Crippen LogP contribution is -2.33. The Hall–Kier alpha value is -2.69. The Morgan fingerprint density at radius 2 is 2.05 bits per heavy atom. The first-order valence-electron chi connectivity index (χ1n) is 6.33. The third-order valence-corrected chi connectivity index (χ3v) is 3.27. The van der Waals surface area contributed by atoms with E-state index in [9.17, 15) is 4.79 Å². The van der Waals surface area contributed by atoms with Crippen LogP contribution in [0.2, 0.25) is 0 Å². The van der Waals surface area contributed by atoms with E-state index >= 15 is 0 Å². The number of carbonyl (C=O) groups excluding carboxylic acids is 1. The second-order valence-corrected chi connectivity index (χ2v) is 4.65. The zero-order valence-corrected chi connectivity index (χ0v) is 10.9. The monoisotopic (exact) mass is 266 g/mol. The van der Waals surface area contributed by atoms with Gasteiger partial charge < -0.3 is 10.6 Å². The van der Waals surface area contributed by atoms with Crippen LogP contribution in [0.25, 0.3) is 6.08 Å². The Morgan fingerprint density at radius 3 is 2.80 bits per heavy atom. The molecule has 0 aromatic carbocycles. The minimum Gasteiger partial charge on any atom is -0.366 e. The van der Waals surface area contributed by atoms with Gasteiger partial charge in [-0.2, -0.15) is 0 Å². The molecule has 2 aromatic rings. The van der Waals surface area contributed by atoms with Crippen molar-refractivity contribution < 1.29 is 4.79 Å². The van der Waals surface area contributed by atoms with Crippen molar-refractivity contribution >= 4 is 17.7 Å². The van der Waals surface area contributed by atoms with Crippen LogP contribution in [0.5, 0.6) is 0 Å². The molecule has 0 radical (unpaired) electrons. The number of rotatable bonds is 3. The smallest absolute Gasteiger partial charge is 0.246 e. The summed E-state index contributed by atoms with van der Waals surface area (Å²) in [4.78, 5) is 21.9. The van der Waals surface area contributed by atoms with Gasteiger partial charge in [0, 0.05) is 37.3 Å². The number of nitrogens with zero attached hydrogens (tertiary/aromatic N) is 3. The van der Waals surface area contributed by atoms with Gasteiger partial charge in [-0.25, -0.2) is 0 Å². The number of aromatic nitrogens is 2. The average molecular weight is 266 g/mol. The van der Waals surface area contributed by atoms with E-state index in [1.54, 1.807) is 24.7 Å². The molecule has 0 aliphatic carbocycles. The van der Waals surface area contributed by atoms with Crippen LogP contribution >= 0.6 is 0 Å². The summed E-state index contributed by atoms with van der Waals surface area (Å²) in [6.45, 7) is 1.18. The van der Waals surface area contributed by atoms with Gasteiger partial charge >= 0.3 is 0 Å². The van der Waals surface area contributed by atoms with E-state index in [1.165, 1.54) is 0 Å². The number of hydrogen-bond acceptors (Lipinski definition) is 4. The van der Waals surface area contributed by atoms with Crippen LogP contribution in [0.1, 0.15) is 11.3 Å². The summed E-state index contributed by atoms with van der Waals surface area (Å²) in [6.07, 6.45) is 6.99. The van der Waals surface area contributed by atoms with Gasteiger partial charge in [0.2, 0.25) is 5.91 Å². The van der Waals surface area contributed by atoms with Gasteiger partial charge in [-0.15, -0.1) is 0 Å². The SMILES string of the molecule is NC(=O)C1=Cc2ncccc2N(Cc2ccncc2)C1. The molecule has 3 rings (SSSR count). The van der Waals surface area contributed by atoms with Crippen LogP contribution < -0.4 is 10.6 Å². The number of anilines is 1. The normalized spacial score (nSPS) is 13.6. The maximum atomic E-state index is 11.5. The molecule has 2 N–H and O–H groups in total. The molecule has 3 heterocycles. The highest BCUT2D eigenvalue weighted by molar-refractivity contribution is 5.99. The van der Waals surface area contributed by atoms with Crippen molar-refractivity contribution in [2.45, 2.75) is 6.54 Å². The molecule has 0 saturated carbocycles. The average Bonchev–Trinajstić information content (AvgIpc) is 2.48. The molecule has 1 aliphatic heterocycles. The Morgan fingerprint density at radius 1 is 1.25 bits per heavy atom. The number of carbonyl (C=O) groups is 1. The van der Waals surface area contributed by atoms with E-state index in [0.29, 0.717) is 18.7 Å². The quantitative estimate of drug-likeness (QED) is 0.910. The summed E-state index contributed by atoms with van der Waals surface area (Å²) in [5.74, 6) is -0.402. The van der Waals surface area contributed by atoms with Crippen molar-refractivity contribution in [1.82, 2.24) is 9.97 Å². The molecule has 100 valence electrons. The molecular formula is C15H14N4O. The summed E-state index contributed by atoms with van der Waals surface area (Å²) in [6, 6.07) is 7.80. The number of amides is 1. The van der Waals surface area contributed by atoms with Gasteiger partial charge in [-0.3, -0.25) is 14.8 Å². The highest BCUT2D eigenvalue weighted by atomic mass is 16.1. The van der Waals surface area contributed by atoms with Crippen LogP contribution in [-0.2, 0) is 11.3 Å². The fourth-order valence-electron chi connectivity index (χ4n) is 2.29. The number of pyridine rings is 2. The Labute approximate surface area is 116 Å². The molecule has 0 unspecified atom stereocenters. The molecule has 5 nitrogen and oxygen atoms in total. The van der Waals surface area contributed by atoms with E-state index in [0.717, 1.165) is 16.9 Å². The van der Waals surface area contributed by atoms with Crippen molar-refractivity contribution in [3.8, 4) is 0 Å². The van der Waals surface area contributed by atoms with Crippen molar-refractivity contribution in [2.24, 2.45) is 5.73 Å². The first kappa shape index (κ1) is 12.3. The Bertz CT molecular complexity index is 667. The van der Waals surface area contributed by atoms with E-state index in [1.807, 2.05) is 24.3 Å². The zero-order chi connectivity index (χ0) is 13.9. The van der Waals surface area contributed by atoms with Crippen LogP contribution in [0.4, 0.5) is 5.69 Å². The highest BCUT2D eigenvalue weighted by Crippen LogP contribution is 2.27. The van der Waals surface area contributed by atoms with E-state index in [4.69, 9.17) is 5.73 Å². The predicted octanol–water partition coefficient (Wildman–Crippen LogP) is 1.37. The third kappa shape index (κ3) is 2.38. The molecule has 20 heavy (non-hydrogen) atoms. The molecule has 0 saturated heterocycles. The number of hydrogen-bond donors (Lipinski definition) is 1. The minimum atomic E-state index is -0.402. The fourth-order valence-corrected chi connectivity index (χ4v) is 2.29. The molecule has 2 aromatic heterocycles. The lowest BCUT2D eigenvalue weighted by atomic mass is 10.1. The minimum absolute atomic E-state index is 0.402. The molecule has 1 aliphatic rings. The van der Waals surface area contributed by atoms with Crippen LogP contribution in [0.3, 0.4) is 0 Å². The van der Waals surface area contributed by atoms with Crippen LogP contribution in [-0.4, -0.2) is 22.4 Å². The van der Waals surface area contributed by atoms with Gasteiger partial charge in [0.05, 0.1) is 11.4 Å². The number of nitrogens with two attached hydrogens (primary N) is 1. The molecule has 0 bridgehead atoms. The van der Waals surface area contributed by atoms with Gasteiger partial charge in [-0.1, -0.05) is 0 Å². The maximum absolute atomic E-state index is 11.5. The Balaban J connectivity index is 1.96. The number of fused-ring (bicyclic) bond motifs is 1. The summed E-state index contributed by atoms with van der Waals surface area (Å²) >= 11 is 0. The largest absolute Gasteiger partial charge is 0.366 e. The lowest BCUT2D eigenvalue weighted by Gasteiger charge is -2.29. The summed E-state index contributed by atoms with van der Waals surface area (Å²) in [5.41, 5.74) is 8.90. The number of primary amides is 1.